The number of ether oxygens (including phenoxy) is 2. The lowest BCUT2D eigenvalue weighted by Gasteiger charge is -2.07. The lowest BCUT2D eigenvalue weighted by molar-refractivity contribution is -0.115. The number of anilines is 2. The SMILES string of the molecule is CC#N.COC(=O)c1cc(F)c(NC(C)=O)cc1O.COC(=O)c1ccc(NC(C)=O)cc1O. The van der Waals surface area contributed by atoms with Crippen molar-refractivity contribution in [1.29, 1.82) is 5.26 Å². The standard InChI is InChI=1S/C10H10FNO4.C10H11NO4.C2H3N/c1-5(13)12-8-4-9(14)6(3-7(8)11)10(15)16-2;1-6(12)11-7-3-4-8(9(13)5-7)10(14)15-2;1-2-3/h3-4,14H,1-2H3,(H,12,13);3-5,13H,1-2H3,(H,11,12);1H3. The van der Waals surface area contributed by atoms with Gasteiger partial charge in [0.1, 0.15) is 28.4 Å². The zero-order valence-corrected chi connectivity index (χ0v) is 19.1. The van der Waals surface area contributed by atoms with E-state index in [1.807, 2.05) is 0 Å². The van der Waals surface area contributed by atoms with Crippen molar-refractivity contribution in [2.24, 2.45) is 0 Å². The Morgan fingerprint density at radius 2 is 1.35 bits per heavy atom. The molecule has 0 aliphatic rings. The van der Waals surface area contributed by atoms with E-state index in [0.717, 1.165) is 19.2 Å². The van der Waals surface area contributed by atoms with Crippen LogP contribution >= 0.6 is 0 Å². The van der Waals surface area contributed by atoms with Crippen LogP contribution in [0.25, 0.3) is 0 Å². The van der Waals surface area contributed by atoms with Crippen LogP contribution in [0.5, 0.6) is 11.5 Å². The number of aromatic hydroxyl groups is 2. The fourth-order valence-corrected chi connectivity index (χ4v) is 2.22. The quantitative estimate of drug-likeness (QED) is 0.482. The molecule has 0 unspecified atom stereocenters. The summed E-state index contributed by atoms with van der Waals surface area (Å²) in [7, 11) is 2.34. The molecule has 0 bridgehead atoms. The molecule has 4 N–H and O–H groups in total. The first kappa shape index (κ1) is 29.3. The van der Waals surface area contributed by atoms with Crippen LogP contribution in [-0.2, 0) is 19.1 Å². The third-order valence-electron chi connectivity index (χ3n) is 3.52. The Bertz CT molecular complexity index is 1100. The van der Waals surface area contributed by atoms with Crippen LogP contribution in [-0.4, -0.2) is 48.2 Å². The minimum absolute atomic E-state index is 0.0617. The number of carbonyl (C=O) groups is 4. The van der Waals surface area contributed by atoms with E-state index < -0.39 is 29.4 Å². The highest BCUT2D eigenvalue weighted by Gasteiger charge is 2.16. The average molecular weight is 477 g/mol. The summed E-state index contributed by atoms with van der Waals surface area (Å²) in [5, 5.41) is 30.8. The van der Waals surface area contributed by atoms with Gasteiger partial charge in [0.15, 0.2) is 0 Å². The van der Waals surface area contributed by atoms with Crippen LogP contribution in [0.15, 0.2) is 30.3 Å². The molecule has 34 heavy (non-hydrogen) atoms. The molecule has 182 valence electrons. The Morgan fingerprint density at radius 3 is 1.79 bits per heavy atom. The number of phenolic OH excluding ortho intramolecular Hbond substituents is 2. The number of nitrogens with zero attached hydrogens (tertiary/aromatic N) is 1. The number of benzene rings is 2. The number of hydrogen-bond acceptors (Lipinski definition) is 9. The Labute approximate surface area is 194 Å². The van der Waals surface area contributed by atoms with E-state index in [9.17, 15) is 33.8 Å². The number of rotatable bonds is 4. The monoisotopic (exact) mass is 477 g/mol. The molecule has 0 heterocycles. The number of hydrogen-bond donors (Lipinski definition) is 4. The lowest BCUT2D eigenvalue weighted by Crippen LogP contribution is -2.09. The molecular weight excluding hydrogens is 453 g/mol. The van der Waals surface area contributed by atoms with Crippen molar-refractivity contribution in [1.82, 2.24) is 0 Å². The lowest BCUT2D eigenvalue weighted by atomic mass is 10.1. The number of carbonyl (C=O) groups excluding carboxylic acids is 4. The molecule has 0 saturated carbocycles. The predicted octanol–water partition coefficient (Wildman–Crippen LogP) is 2.94. The highest BCUT2D eigenvalue weighted by Crippen LogP contribution is 2.26. The summed E-state index contributed by atoms with van der Waals surface area (Å²) in [4.78, 5) is 43.6. The van der Waals surface area contributed by atoms with Crippen LogP contribution < -0.4 is 10.6 Å². The summed E-state index contributed by atoms with van der Waals surface area (Å²) in [6, 6.07) is 7.67. The van der Waals surface area contributed by atoms with E-state index in [2.05, 4.69) is 20.1 Å². The van der Waals surface area contributed by atoms with Gasteiger partial charge < -0.3 is 30.3 Å². The molecule has 2 aromatic carbocycles. The summed E-state index contributed by atoms with van der Waals surface area (Å²) in [6.45, 7) is 3.98. The van der Waals surface area contributed by atoms with E-state index in [-0.39, 0.29) is 28.5 Å². The minimum atomic E-state index is -0.856. The van der Waals surface area contributed by atoms with E-state index in [1.165, 1.54) is 46.1 Å². The summed E-state index contributed by atoms with van der Waals surface area (Å²) in [5.74, 6) is -3.73. The Balaban J connectivity index is 0.000000575. The predicted molar refractivity (Wildman–Crippen MR) is 119 cm³/mol. The van der Waals surface area contributed by atoms with Gasteiger partial charge in [-0.1, -0.05) is 0 Å². The summed E-state index contributed by atoms with van der Waals surface area (Å²) < 4.78 is 22.1. The number of methoxy groups -OCH3 is 2. The molecule has 12 heteroatoms. The second kappa shape index (κ2) is 14.4. The maximum atomic E-state index is 13.4. The summed E-state index contributed by atoms with van der Waals surface area (Å²) in [5.41, 5.74) is -0.00832. The minimum Gasteiger partial charge on any atom is -0.507 e. The van der Waals surface area contributed by atoms with Crippen molar-refractivity contribution in [2.75, 3.05) is 24.9 Å². The van der Waals surface area contributed by atoms with Gasteiger partial charge in [0.2, 0.25) is 11.8 Å². The van der Waals surface area contributed by atoms with E-state index >= 15 is 0 Å². The highest BCUT2D eigenvalue weighted by molar-refractivity contribution is 5.95. The first-order valence-electron chi connectivity index (χ1n) is 9.29. The van der Waals surface area contributed by atoms with Crippen LogP contribution in [0.4, 0.5) is 15.8 Å². The van der Waals surface area contributed by atoms with Gasteiger partial charge in [-0.3, -0.25) is 9.59 Å². The molecule has 0 atom stereocenters. The zero-order valence-electron chi connectivity index (χ0n) is 19.1. The van der Waals surface area contributed by atoms with Crippen molar-refractivity contribution in [3.05, 3.63) is 47.3 Å². The van der Waals surface area contributed by atoms with Crippen molar-refractivity contribution in [3.8, 4) is 17.6 Å². The Kier molecular flexibility index (Phi) is 12.4. The van der Waals surface area contributed by atoms with Gasteiger partial charge >= 0.3 is 11.9 Å². The fourth-order valence-electron chi connectivity index (χ4n) is 2.22. The van der Waals surface area contributed by atoms with Gasteiger partial charge in [-0.2, -0.15) is 5.26 Å². The van der Waals surface area contributed by atoms with Gasteiger partial charge in [-0.15, -0.1) is 0 Å². The van der Waals surface area contributed by atoms with E-state index in [0.29, 0.717) is 5.69 Å². The Morgan fingerprint density at radius 1 is 0.882 bits per heavy atom. The van der Waals surface area contributed by atoms with Crippen LogP contribution in [0.2, 0.25) is 0 Å². The molecule has 0 aliphatic heterocycles. The number of nitrogens with one attached hydrogen (secondary N) is 2. The van der Waals surface area contributed by atoms with Crippen LogP contribution in [0, 0.1) is 17.1 Å². The largest absolute Gasteiger partial charge is 0.507 e. The third-order valence-corrected chi connectivity index (χ3v) is 3.52. The molecule has 2 amide bonds. The molecule has 0 radical (unpaired) electrons. The van der Waals surface area contributed by atoms with Gasteiger partial charge in [-0.05, 0) is 18.2 Å². The van der Waals surface area contributed by atoms with Gasteiger partial charge in [0, 0.05) is 38.6 Å². The van der Waals surface area contributed by atoms with Gasteiger partial charge in [-0.25, -0.2) is 14.0 Å². The number of halogens is 1. The number of esters is 2. The molecule has 2 aromatic rings. The zero-order chi connectivity index (χ0) is 26.4. The second-order valence-corrected chi connectivity index (χ2v) is 6.15. The Hall–Kier alpha value is -4.66. The molecule has 11 nitrogen and oxygen atoms in total. The first-order valence-corrected chi connectivity index (χ1v) is 9.29. The first-order chi connectivity index (χ1) is 15.9. The van der Waals surface area contributed by atoms with Gasteiger partial charge in [0.25, 0.3) is 0 Å². The average Bonchev–Trinajstić information content (AvgIpc) is 2.75. The topological polar surface area (TPSA) is 175 Å². The maximum Gasteiger partial charge on any atom is 0.341 e. The smallest absolute Gasteiger partial charge is 0.341 e. The van der Waals surface area contributed by atoms with Crippen LogP contribution in [0.3, 0.4) is 0 Å². The molecule has 0 spiro atoms. The van der Waals surface area contributed by atoms with Crippen LogP contribution in [0.1, 0.15) is 41.5 Å². The summed E-state index contributed by atoms with van der Waals surface area (Å²) in [6.07, 6.45) is 0. The third kappa shape index (κ3) is 9.65. The summed E-state index contributed by atoms with van der Waals surface area (Å²) >= 11 is 0. The second-order valence-electron chi connectivity index (χ2n) is 6.15. The van der Waals surface area contributed by atoms with Crippen molar-refractivity contribution < 1.29 is 43.3 Å². The molecule has 2 rings (SSSR count). The number of phenols is 2. The number of nitriles is 1. The normalized spacial score (nSPS) is 8.97. The molecule has 0 fully saturated rings. The molecule has 0 saturated heterocycles. The maximum absolute atomic E-state index is 13.4. The molecule has 0 aliphatic carbocycles. The van der Waals surface area contributed by atoms with Gasteiger partial charge in [0.05, 0.1) is 26.0 Å². The highest BCUT2D eigenvalue weighted by atomic mass is 19.1. The van der Waals surface area contributed by atoms with Crippen molar-refractivity contribution in [2.45, 2.75) is 20.8 Å². The molecule has 0 aromatic heterocycles. The van der Waals surface area contributed by atoms with E-state index in [4.69, 9.17) is 5.26 Å². The van der Waals surface area contributed by atoms with Crippen molar-refractivity contribution >= 4 is 35.1 Å². The fraction of sp³-hybridized carbons (Fsp3) is 0.227. The van der Waals surface area contributed by atoms with Crippen molar-refractivity contribution in [3.63, 3.8) is 0 Å². The molecular formula is C22H24FN3O8. The number of amides is 2. The van der Waals surface area contributed by atoms with E-state index in [1.54, 1.807) is 6.07 Å².